The Morgan fingerprint density at radius 1 is 0.964 bits per heavy atom. The minimum Gasteiger partial charge on any atom is -0.485 e. The monoisotopic (exact) mass is 376 g/mol. The second-order valence-corrected chi connectivity index (χ2v) is 7.98. The van der Waals surface area contributed by atoms with Crippen molar-refractivity contribution in [2.24, 2.45) is 0 Å². The van der Waals surface area contributed by atoms with Crippen molar-refractivity contribution in [3.05, 3.63) is 65.9 Å². The predicted octanol–water partition coefficient (Wildman–Crippen LogP) is 4.21. The second kappa shape index (κ2) is 7.88. The molecule has 28 heavy (non-hydrogen) atoms. The van der Waals surface area contributed by atoms with Crippen LogP contribution in [0.25, 0.3) is 0 Å². The summed E-state index contributed by atoms with van der Waals surface area (Å²) in [5.41, 5.74) is 4.30. The first-order valence-electron chi connectivity index (χ1n) is 10.5. The Hall–Kier alpha value is -2.46. The highest BCUT2D eigenvalue weighted by Crippen LogP contribution is 2.40. The first-order chi connectivity index (χ1) is 13.9. The normalized spacial score (nSPS) is 21.0. The average Bonchev–Trinajstić information content (AvgIpc) is 2.97. The molecule has 0 saturated carbocycles. The van der Waals surface area contributed by atoms with Crippen LogP contribution in [-0.4, -0.2) is 44.2 Å². The lowest BCUT2D eigenvalue weighted by molar-refractivity contribution is 0.248. The summed E-state index contributed by atoms with van der Waals surface area (Å²) < 4.78 is 11.6. The largest absolute Gasteiger partial charge is 0.485 e. The van der Waals surface area contributed by atoms with Gasteiger partial charge in [-0.15, -0.1) is 0 Å². The molecule has 2 aliphatic heterocycles. The number of hydrogen-bond donors (Lipinski definition) is 0. The number of ether oxygens (including phenoxy) is 2. The summed E-state index contributed by atoms with van der Waals surface area (Å²) in [5, 5.41) is 0. The number of piperazine rings is 1. The molecule has 4 nitrogen and oxygen atoms in total. The van der Waals surface area contributed by atoms with Gasteiger partial charge in [-0.05, 0) is 61.1 Å². The van der Waals surface area contributed by atoms with Gasteiger partial charge in [0.2, 0.25) is 0 Å². The van der Waals surface area contributed by atoms with Crippen LogP contribution in [0.5, 0.6) is 11.5 Å². The number of benzene rings is 2. The van der Waals surface area contributed by atoms with E-state index in [1.165, 1.54) is 25.8 Å². The van der Waals surface area contributed by atoms with E-state index in [-0.39, 0.29) is 0 Å². The zero-order valence-electron chi connectivity index (χ0n) is 16.3. The Labute approximate surface area is 167 Å². The minimum absolute atomic E-state index is 0.565. The lowest BCUT2D eigenvalue weighted by atomic mass is 9.75. The molecule has 0 bridgehead atoms. The number of hydrogen-bond acceptors (Lipinski definition) is 4. The van der Waals surface area contributed by atoms with Crippen LogP contribution < -0.4 is 14.4 Å². The molecule has 1 fully saturated rings. The lowest BCUT2D eigenvalue weighted by Crippen LogP contribution is -2.46. The van der Waals surface area contributed by atoms with Crippen LogP contribution >= 0.6 is 0 Å². The quantitative estimate of drug-likeness (QED) is 0.780. The number of rotatable bonds is 5. The van der Waals surface area contributed by atoms with Crippen molar-refractivity contribution in [3.63, 3.8) is 0 Å². The van der Waals surface area contributed by atoms with Gasteiger partial charge in [-0.25, -0.2) is 0 Å². The number of anilines is 1. The minimum atomic E-state index is 0.565. The molecule has 0 N–H and O–H groups in total. The van der Waals surface area contributed by atoms with Crippen molar-refractivity contribution < 1.29 is 9.47 Å². The van der Waals surface area contributed by atoms with Crippen LogP contribution in [-0.2, 0) is 6.42 Å². The third kappa shape index (κ3) is 3.49. The fourth-order valence-electron chi connectivity index (χ4n) is 4.67. The van der Waals surface area contributed by atoms with E-state index < -0.39 is 0 Å². The average molecular weight is 377 g/mol. The highest BCUT2D eigenvalue weighted by atomic mass is 16.5. The van der Waals surface area contributed by atoms with E-state index in [1.807, 2.05) is 12.1 Å². The van der Waals surface area contributed by atoms with E-state index in [4.69, 9.17) is 9.47 Å². The molecule has 2 aromatic carbocycles. The van der Waals surface area contributed by atoms with Gasteiger partial charge in [0.1, 0.15) is 6.61 Å². The summed E-state index contributed by atoms with van der Waals surface area (Å²) in [4.78, 5) is 5.04. The SMILES string of the molecule is C1=COc2c(cccc2N2CCN(CCCC3Cc4ccccc43)CC2)OC1. The Morgan fingerprint density at radius 2 is 1.86 bits per heavy atom. The molecule has 2 aromatic rings. The van der Waals surface area contributed by atoms with Crippen LogP contribution in [0.1, 0.15) is 29.9 Å². The molecular weight excluding hydrogens is 348 g/mol. The Morgan fingerprint density at radius 3 is 2.75 bits per heavy atom. The van der Waals surface area contributed by atoms with E-state index in [1.54, 1.807) is 17.4 Å². The Kier molecular flexibility index (Phi) is 4.96. The highest BCUT2D eigenvalue weighted by Gasteiger charge is 2.26. The van der Waals surface area contributed by atoms with E-state index in [2.05, 4.69) is 46.2 Å². The van der Waals surface area contributed by atoms with Gasteiger partial charge in [-0.1, -0.05) is 30.3 Å². The molecule has 1 unspecified atom stereocenters. The third-order valence-corrected chi connectivity index (χ3v) is 6.28. The smallest absolute Gasteiger partial charge is 0.191 e. The van der Waals surface area contributed by atoms with Crippen LogP contribution in [0, 0.1) is 0 Å². The summed E-state index contributed by atoms with van der Waals surface area (Å²) in [6, 6.07) is 15.1. The second-order valence-electron chi connectivity index (χ2n) is 7.98. The first-order valence-corrected chi connectivity index (χ1v) is 10.5. The Balaban J connectivity index is 1.12. The fourth-order valence-corrected chi connectivity index (χ4v) is 4.67. The maximum atomic E-state index is 5.84. The predicted molar refractivity (Wildman–Crippen MR) is 112 cm³/mol. The molecule has 1 atom stereocenters. The molecule has 3 aliphatic rings. The van der Waals surface area contributed by atoms with Crippen molar-refractivity contribution in [2.45, 2.75) is 25.2 Å². The van der Waals surface area contributed by atoms with Gasteiger partial charge in [0.15, 0.2) is 11.5 Å². The van der Waals surface area contributed by atoms with Crippen molar-refractivity contribution in [3.8, 4) is 11.5 Å². The van der Waals surface area contributed by atoms with Crippen molar-refractivity contribution >= 4 is 5.69 Å². The van der Waals surface area contributed by atoms with Crippen LogP contribution in [0.3, 0.4) is 0 Å². The summed E-state index contributed by atoms with van der Waals surface area (Å²) in [7, 11) is 0. The molecule has 2 heterocycles. The topological polar surface area (TPSA) is 24.9 Å². The van der Waals surface area contributed by atoms with Crippen molar-refractivity contribution in [1.29, 1.82) is 0 Å². The van der Waals surface area contributed by atoms with Gasteiger partial charge in [0.25, 0.3) is 0 Å². The molecule has 5 rings (SSSR count). The van der Waals surface area contributed by atoms with Crippen molar-refractivity contribution in [2.75, 3.05) is 44.2 Å². The molecule has 0 spiro atoms. The standard InChI is InChI=1S/C24H28N2O2/c1-2-8-21-19(6-1)18-20(21)7-4-11-25-12-14-26(15-13-25)22-9-3-10-23-24(22)28-17-5-16-27-23/h1-3,5-6,8-10,17,20H,4,7,11-16,18H2. The maximum absolute atomic E-state index is 5.84. The zero-order chi connectivity index (χ0) is 18.8. The molecule has 0 amide bonds. The molecule has 1 aliphatic carbocycles. The molecule has 0 aromatic heterocycles. The van der Waals surface area contributed by atoms with Crippen molar-refractivity contribution in [1.82, 2.24) is 4.90 Å². The number of nitrogens with zero attached hydrogens (tertiary/aromatic N) is 2. The number of para-hydroxylation sites is 1. The molecule has 146 valence electrons. The van der Waals surface area contributed by atoms with Gasteiger partial charge in [0, 0.05) is 26.2 Å². The van der Waals surface area contributed by atoms with Gasteiger partial charge in [-0.2, -0.15) is 0 Å². The molecular formula is C24H28N2O2. The van der Waals surface area contributed by atoms with Crippen LogP contribution in [0.4, 0.5) is 5.69 Å². The Bertz CT molecular complexity index is 855. The van der Waals surface area contributed by atoms with Gasteiger partial charge >= 0.3 is 0 Å². The van der Waals surface area contributed by atoms with E-state index >= 15 is 0 Å². The van der Waals surface area contributed by atoms with E-state index in [0.717, 1.165) is 49.3 Å². The van der Waals surface area contributed by atoms with Crippen LogP contribution in [0.2, 0.25) is 0 Å². The first kappa shape index (κ1) is 17.6. The zero-order valence-corrected chi connectivity index (χ0v) is 16.3. The maximum Gasteiger partial charge on any atom is 0.191 e. The van der Waals surface area contributed by atoms with E-state index in [0.29, 0.717) is 6.61 Å². The van der Waals surface area contributed by atoms with E-state index in [9.17, 15) is 0 Å². The summed E-state index contributed by atoms with van der Waals surface area (Å²) in [6.07, 6.45) is 7.54. The molecule has 1 saturated heterocycles. The summed E-state index contributed by atoms with van der Waals surface area (Å²) >= 11 is 0. The van der Waals surface area contributed by atoms with Gasteiger partial charge in [0.05, 0.1) is 11.9 Å². The van der Waals surface area contributed by atoms with Crippen LogP contribution in [0.15, 0.2) is 54.8 Å². The fraction of sp³-hybridized carbons (Fsp3) is 0.417. The number of fused-ring (bicyclic) bond motifs is 2. The third-order valence-electron chi connectivity index (χ3n) is 6.28. The van der Waals surface area contributed by atoms with Gasteiger partial charge in [-0.3, -0.25) is 4.90 Å². The summed E-state index contributed by atoms with van der Waals surface area (Å²) in [6.45, 7) is 6.08. The molecule has 4 heteroatoms. The molecule has 0 radical (unpaired) electrons. The van der Waals surface area contributed by atoms with Gasteiger partial charge < -0.3 is 14.4 Å². The lowest BCUT2D eigenvalue weighted by Gasteiger charge is -2.37. The highest BCUT2D eigenvalue weighted by molar-refractivity contribution is 5.65. The summed E-state index contributed by atoms with van der Waals surface area (Å²) in [5.74, 6) is 2.49.